The van der Waals surface area contributed by atoms with Crippen LogP contribution in [0.1, 0.15) is 42.9 Å². The number of hydrogen-bond donors (Lipinski definition) is 0. The highest BCUT2D eigenvalue weighted by Crippen LogP contribution is 2.37. The van der Waals surface area contributed by atoms with Crippen LogP contribution < -0.4 is 0 Å². The second kappa shape index (κ2) is 9.97. The van der Waals surface area contributed by atoms with Crippen LogP contribution in [-0.2, 0) is 23.8 Å². The number of alkyl halides is 3. The summed E-state index contributed by atoms with van der Waals surface area (Å²) in [5.41, 5.74) is 0.281. The molecule has 9 heteroatoms. The fourth-order valence-corrected chi connectivity index (χ4v) is 5.26. The van der Waals surface area contributed by atoms with E-state index in [0.717, 1.165) is 18.1 Å². The third kappa shape index (κ3) is 5.19. The summed E-state index contributed by atoms with van der Waals surface area (Å²) < 4.78 is 39.1. The Labute approximate surface area is 203 Å². The van der Waals surface area contributed by atoms with Gasteiger partial charge in [0.25, 0.3) is 5.91 Å². The summed E-state index contributed by atoms with van der Waals surface area (Å²) in [5.74, 6) is -0.134. The van der Waals surface area contributed by atoms with Crippen LogP contribution >= 0.6 is 0 Å². The highest BCUT2D eigenvalue weighted by atomic mass is 19.4. The number of halogens is 3. The Morgan fingerprint density at radius 1 is 1.06 bits per heavy atom. The summed E-state index contributed by atoms with van der Waals surface area (Å²) in [6, 6.07) is 9.07. The third-order valence-electron chi connectivity index (χ3n) is 7.43. The summed E-state index contributed by atoms with van der Waals surface area (Å²) in [6.07, 6.45) is 2.06. The molecule has 2 saturated heterocycles. The zero-order chi connectivity index (χ0) is 25.2. The zero-order valence-corrected chi connectivity index (χ0v) is 20.1. The molecule has 1 aromatic heterocycles. The maximum atomic E-state index is 13.4. The number of aromatic nitrogens is 1. The summed E-state index contributed by atoms with van der Waals surface area (Å²) >= 11 is 0. The number of aryl methyl sites for hydroxylation is 1. The molecule has 0 radical (unpaired) electrons. The van der Waals surface area contributed by atoms with Gasteiger partial charge < -0.3 is 9.80 Å². The number of carbonyl (C=O) groups excluding carboxylic acids is 2. The first kappa shape index (κ1) is 25.2. The molecule has 2 fully saturated rings. The van der Waals surface area contributed by atoms with Crippen molar-refractivity contribution in [3.63, 3.8) is 0 Å². The van der Waals surface area contributed by atoms with E-state index in [1.165, 1.54) is 17.0 Å². The van der Waals surface area contributed by atoms with Gasteiger partial charge in [-0.25, -0.2) is 4.79 Å². The Hall–Kier alpha value is -2.94. The number of hydrogen-bond acceptors (Lipinski definition) is 4. The van der Waals surface area contributed by atoms with Crippen molar-refractivity contribution in [2.24, 2.45) is 0 Å². The summed E-state index contributed by atoms with van der Waals surface area (Å²) in [6.45, 7) is 3.58. The molecule has 2 aliphatic heterocycles. The molecule has 1 spiro atoms. The van der Waals surface area contributed by atoms with Gasteiger partial charge in [-0.2, -0.15) is 13.2 Å². The van der Waals surface area contributed by atoms with E-state index in [1.807, 2.05) is 19.1 Å². The van der Waals surface area contributed by atoms with Crippen LogP contribution in [0.3, 0.4) is 0 Å². The van der Waals surface area contributed by atoms with E-state index in [4.69, 9.17) is 0 Å². The third-order valence-corrected chi connectivity index (χ3v) is 7.43. The summed E-state index contributed by atoms with van der Waals surface area (Å²) in [5, 5.41) is 0. The van der Waals surface area contributed by atoms with Crippen LogP contribution in [0.5, 0.6) is 0 Å². The number of urea groups is 1. The van der Waals surface area contributed by atoms with Crippen molar-refractivity contribution in [1.82, 2.24) is 19.7 Å². The van der Waals surface area contributed by atoms with Crippen LogP contribution in [0.15, 0.2) is 48.8 Å². The molecule has 0 N–H and O–H groups in total. The van der Waals surface area contributed by atoms with E-state index >= 15 is 0 Å². The molecular formula is C26H31F3N4O2. The number of piperidine rings is 1. The number of likely N-dealkylation sites (tertiary alicyclic amines) is 1. The molecule has 3 heterocycles. The number of imide groups is 1. The van der Waals surface area contributed by atoms with Crippen molar-refractivity contribution in [3.05, 3.63) is 65.5 Å². The fraction of sp³-hybridized carbons (Fsp3) is 0.500. The Kier molecular flexibility index (Phi) is 7.17. The van der Waals surface area contributed by atoms with Gasteiger partial charge in [0.2, 0.25) is 0 Å². The number of likely N-dealkylation sites (N-methyl/N-ethyl adjacent to an activating group) is 1. The lowest BCUT2D eigenvalue weighted by atomic mass is 9.85. The standard InChI is InChI=1S/C26H31F3N4O2/c1-19(17-21-5-3-7-22(18-21)26(27,28)29)32-15-10-25(11-16-32)23(34)33(24(35)31(25)2)14-4-6-20-8-12-30-13-9-20/h3,5,7-9,12-13,18-19H,4,6,10-11,14-17H2,1-2H3/t19-/m0/s1. The fourth-order valence-electron chi connectivity index (χ4n) is 5.26. The summed E-state index contributed by atoms with van der Waals surface area (Å²) in [4.78, 5) is 35.5. The highest BCUT2D eigenvalue weighted by molar-refractivity contribution is 6.07. The van der Waals surface area contributed by atoms with Gasteiger partial charge in [-0.05, 0) is 68.4 Å². The number of pyridine rings is 1. The molecule has 1 atom stereocenters. The van der Waals surface area contributed by atoms with Crippen molar-refractivity contribution in [3.8, 4) is 0 Å². The van der Waals surface area contributed by atoms with Crippen molar-refractivity contribution in [2.45, 2.75) is 56.8 Å². The van der Waals surface area contributed by atoms with Gasteiger partial charge in [0.1, 0.15) is 5.54 Å². The highest BCUT2D eigenvalue weighted by Gasteiger charge is 2.56. The van der Waals surface area contributed by atoms with Crippen LogP contribution in [0.25, 0.3) is 0 Å². The number of nitrogens with zero attached hydrogens (tertiary/aromatic N) is 4. The molecule has 0 unspecified atom stereocenters. The second-order valence-electron chi connectivity index (χ2n) is 9.58. The van der Waals surface area contributed by atoms with Gasteiger partial charge in [-0.1, -0.05) is 18.2 Å². The van der Waals surface area contributed by atoms with Crippen LogP contribution in [-0.4, -0.2) is 69.9 Å². The predicted octanol–water partition coefficient (Wildman–Crippen LogP) is 4.39. The van der Waals surface area contributed by atoms with E-state index in [9.17, 15) is 22.8 Å². The number of rotatable bonds is 7. The molecule has 0 aliphatic carbocycles. The van der Waals surface area contributed by atoms with Crippen molar-refractivity contribution >= 4 is 11.9 Å². The monoisotopic (exact) mass is 488 g/mol. The molecule has 35 heavy (non-hydrogen) atoms. The second-order valence-corrected chi connectivity index (χ2v) is 9.58. The predicted molar refractivity (Wildman–Crippen MR) is 126 cm³/mol. The molecule has 4 rings (SSSR count). The van der Waals surface area contributed by atoms with Gasteiger partial charge >= 0.3 is 12.2 Å². The van der Waals surface area contributed by atoms with E-state index in [-0.39, 0.29) is 18.0 Å². The molecule has 188 valence electrons. The molecule has 1 aromatic carbocycles. The van der Waals surface area contributed by atoms with E-state index < -0.39 is 17.3 Å². The van der Waals surface area contributed by atoms with Crippen LogP contribution in [0.2, 0.25) is 0 Å². The normalized spacial score (nSPS) is 19.6. The maximum absolute atomic E-state index is 13.4. The molecular weight excluding hydrogens is 457 g/mol. The average Bonchev–Trinajstić information content (AvgIpc) is 3.01. The number of benzene rings is 1. The maximum Gasteiger partial charge on any atom is 0.416 e. The molecule has 0 bridgehead atoms. The topological polar surface area (TPSA) is 56.8 Å². The molecule has 2 aliphatic rings. The van der Waals surface area contributed by atoms with Crippen molar-refractivity contribution < 1.29 is 22.8 Å². The first-order chi connectivity index (χ1) is 16.6. The lowest BCUT2D eigenvalue weighted by Gasteiger charge is -2.43. The Morgan fingerprint density at radius 2 is 1.74 bits per heavy atom. The smallest absolute Gasteiger partial charge is 0.312 e. The van der Waals surface area contributed by atoms with Gasteiger partial charge in [0.05, 0.1) is 5.56 Å². The minimum absolute atomic E-state index is 0.0183. The number of amides is 3. The van der Waals surface area contributed by atoms with Crippen LogP contribution in [0.4, 0.5) is 18.0 Å². The largest absolute Gasteiger partial charge is 0.416 e. The Balaban J connectivity index is 1.35. The Morgan fingerprint density at radius 3 is 2.40 bits per heavy atom. The number of carbonyl (C=O) groups is 2. The molecule has 6 nitrogen and oxygen atoms in total. The van der Waals surface area contributed by atoms with E-state index in [0.29, 0.717) is 50.9 Å². The van der Waals surface area contributed by atoms with Crippen LogP contribution in [0, 0.1) is 0 Å². The molecule has 0 saturated carbocycles. The lowest BCUT2D eigenvalue weighted by Crippen LogP contribution is -2.56. The quantitative estimate of drug-likeness (QED) is 0.543. The zero-order valence-electron chi connectivity index (χ0n) is 20.1. The van der Waals surface area contributed by atoms with Gasteiger partial charge in [0.15, 0.2) is 0 Å². The first-order valence-corrected chi connectivity index (χ1v) is 12.0. The molecule has 3 amide bonds. The van der Waals surface area contributed by atoms with Gasteiger partial charge in [-0.3, -0.25) is 14.7 Å². The van der Waals surface area contributed by atoms with E-state index in [2.05, 4.69) is 9.88 Å². The van der Waals surface area contributed by atoms with Crippen molar-refractivity contribution in [2.75, 3.05) is 26.7 Å². The van der Waals surface area contributed by atoms with Gasteiger partial charge in [0, 0.05) is 45.1 Å². The van der Waals surface area contributed by atoms with E-state index in [1.54, 1.807) is 30.4 Å². The van der Waals surface area contributed by atoms with Gasteiger partial charge in [-0.15, -0.1) is 0 Å². The minimum Gasteiger partial charge on any atom is -0.312 e. The summed E-state index contributed by atoms with van der Waals surface area (Å²) in [7, 11) is 1.70. The molecule has 2 aromatic rings. The Bertz CT molecular complexity index is 1050. The minimum atomic E-state index is -4.36. The SMILES string of the molecule is C[C@@H](Cc1cccc(C(F)(F)F)c1)N1CCC2(CC1)C(=O)N(CCCc1ccncc1)C(=O)N2C. The average molecular weight is 489 g/mol. The van der Waals surface area contributed by atoms with Crippen molar-refractivity contribution in [1.29, 1.82) is 0 Å². The lowest BCUT2D eigenvalue weighted by molar-refractivity contribution is -0.137. The first-order valence-electron chi connectivity index (χ1n) is 12.0.